The number of H-pyrrole nitrogens is 1. The lowest BCUT2D eigenvalue weighted by Crippen LogP contribution is -2.43. The maximum absolute atomic E-state index is 12.6. The van der Waals surface area contributed by atoms with Crippen molar-refractivity contribution in [2.45, 2.75) is 44.1 Å². The van der Waals surface area contributed by atoms with Crippen LogP contribution in [0.25, 0.3) is 10.9 Å². The van der Waals surface area contributed by atoms with E-state index in [4.69, 9.17) is 9.84 Å². The smallest absolute Gasteiger partial charge is 0.261 e. The van der Waals surface area contributed by atoms with E-state index in [0.717, 1.165) is 50.1 Å². The predicted octanol–water partition coefficient (Wildman–Crippen LogP) is 4.01. The highest BCUT2D eigenvalue weighted by Gasteiger charge is 2.35. The van der Waals surface area contributed by atoms with Gasteiger partial charge in [-0.25, -0.2) is 0 Å². The maximum atomic E-state index is 12.6. The van der Waals surface area contributed by atoms with Crippen LogP contribution in [0.4, 0.5) is 11.5 Å². The van der Waals surface area contributed by atoms with Gasteiger partial charge in [0.2, 0.25) is 0 Å². The monoisotopic (exact) mass is 403 g/mol. The Kier molecular flexibility index (Phi) is 4.59. The number of hydrogen-bond donors (Lipinski definition) is 2. The van der Waals surface area contributed by atoms with E-state index in [1.807, 2.05) is 22.9 Å². The fraction of sp³-hybridized carbons (Fsp3) is 0.435. The number of hydrogen-bond acceptors (Lipinski definition) is 5. The molecule has 154 valence electrons. The number of nitriles is 1. The fourth-order valence-corrected chi connectivity index (χ4v) is 4.66. The highest BCUT2D eigenvalue weighted by molar-refractivity contribution is 5.91. The number of benzene rings is 1. The second-order valence-corrected chi connectivity index (χ2v) is 8.70. The van der Waals surface area contributed by atoms with E-state index in [1.54, 1.807) is 6.20 Å². The minimum Gasteiger partial charge on any atom is -0.379 e. The minimum atomic E-state index is -0.179. The van der Waals surface area contributed by atoms with E-state index < -0.39 is 0 Å². The first kappa shape index (κ1) is 18.9. The molecular formula is C23H25N5O2. The average Bonchev–Trinajstić information content (AvgIpc) is 3.12. The summed E-state index contributed by atoms with van der Waals surface area (Å²) in [4.78, 5) is 15.4. The van der Waals surface area contributed by atoms with Gasteiger partial charge < -0.3 is 15.0 Å². The third kappa shape index (κ3) is 3.08. The Labute approximate surface area is 174 Å². The molecule has 0 radical (unpaired) electrons. The molecule has 30 heavy (non-hydrogen) atoms. The normalized spacial score (nSPS) is 22.9. The van der Waals surface area contributed by atoms with E-state index in [-0.39, 0.29) is 22.9 Å². The van der Waals surface area contributed by atoms with Gasteiger partial charge in [-0.1, -0.05) is 31.9 Å². The number of nitrogens with one attached hydrogen (secondary N) is 2. The molecule has 2 aliphatic rings. The van der Waals surface area contributed by atoms with Crippen LogP contribution in [-0.2, 0) is 10.2 Å². The molecule has 1 aromatic carbocycles. The Morgan fingerprint density at radius 3 is 2.70 bits per heavy atom. The molecule has 7 heteroatoms. The number of fused-ring (bicyclic) bond motifs is 1. The largest absolute Gasteiger partial charge is 0.379 e. The van der Waals surface area contributed by atoms with Crippen LogP contribution in [0.5, 0.6) is 0 Å². The molecule has 7 nitrogen and oxygen atoms in total. The molecule has 1 aliphatic carbocycles. The van der Waals surface area contributed by atoms with Gasteiger partial charge in [0.1, 0.15) is 5.39 Å². The first-order chi connectivity index (χ1) is 14.6. The second kappa shape index (κ2) is 7.29. The van der Waals surface area contributed by atoms with Gasteiger partial charge in [0.15, 0.2) is 5.82 Å². The van der Waals surface area contributed by atoms with Crippen LogP contribution in [0.15, 0.2) is 41.3 Å². The Bertz CT molecular complexity index is 1170. The number of aromatic amines is 1. The summed E-state index contributed by atoms with van der Waals surface area (Å²) in [5.41, 5.74) is 2.78. The molecule has 5 rings (SSSR count). The molecule has 2 aromatic heterocycles. The quantitative estimate of drug-likeness (QED) is 0.686. The molecule has 2 fully saturated rings. The number of ether oxygens (including phenoxy) is 1. The average molecular weight is 403 g/mol. The lowest BCUT2D eigenvalue weighted by Gasteiger charge is -2.38. The summed E-state index contributed by atoms with van der Waals surface area (Å²) in [6.45, 7) is 3.68. The van der Waals surface area contributed by atoms with Crippen molar-refractivity contribution in [3.05, 3.63) is 52.4 Å². The topological polar surface area (TPSA) is 95.7 Å². The molecule has 1 saturated carbocycles. The minimum absolute atomic E-state index is 0.00968. The third-order valence-electron chi connectivity index (χ3n) is 6.53. The van der Waals surface area contributed by atoms with Crippen LogP contribution in [0.3, 0.4) is 0 Å². The van der Waals surface area contributed by atoms with Crippen molar-refractivity contribution in [1.29, 1.82) is 5.26 Å². The van der Waals surface area contributed by atoms with Crippen LogP contribution in [0.2, 0.25) is 0 Å². The molecule has 1 unspecified atom stereocenters. The fourth-order valence-electron chi connectivity index (χ4n) is 4.66. The van der Waals surface area contributed by atoms with Crippen molar-refractivity contribution in [2.75, 3.05) is 18.5 Å². The number of rotatable bonds is 4. The summed E-state index contributed by atoms with van der Waals surface area (Å²) in [5.74, 6) is 0.443. The maximum Gasteiger partial charge on any atom is 0.261 e. The lowest BCUT2D eigenvalue weighted by atomic mass is 9.81. The van der Waals surface area contributed by atoms with Crippen LogP contribution < -0.4 is 10.9 Å². The van der Waals surface area contributed by atoms with Crippen molar-refractivity contribution in [3.8, 4) is 6.07 Å². The van der Waals surface area contributed by atoms with Gasteiger partial charge in [-0.2, -0.15) is 10.4 Å². The van der Waals surface area contributed by atoms with E-state index in [2.05, 4.69) is 35.4 Å². The van der Waals surface area contributed by atoms with Gasteiger partial charge in [0.25, 0.3) is 5.56 Å². The van der Waals surface area contributed by atoms with Crippen LogP contribution in [0.1, 0.15) is 44.2 Å². The molecule has 2 N–H and O–H groups in total. The summed E-state index contributed by atoms with van der Waals surface area (Å²) in [5, 5.41) is 18.3. The van der Waals surface area contributed by atoms with Gasteiger partial charge >= 0.3 is 0 Å². The van der Waals surface area contributed by atoms with Crippen molar-refractivity contribution in [2.24, 2.45) is 5.92 Å². The third-order valence-corrected chi connectivity index (χ3v) is 6.53. The van der Waals surface area contributed by atoms with Gasteiger partial charge in [0, 0.05) is 17.3 Å². The number of aromatic nitrogens is 3. The van der Waals surface area contributed by atoms with E-state index in [9.17, 15) is 10.1 Å². The predicted molar refractivity (Wildman–Crippen MR) is 115 cm³/mol. The van der Waals surface area contributed by atoms with E-state index in [1.165, 1.54) is 5.56 Å². The summed E-state index contributed by atoms with van der Waals surface area (Å²) >= 11 is 0. The zero-order chi connectivity index (χ0) is 20.7. The molecule has 2 atom stereocenters. The zero-order valence-corrected chi connectivity index (χ0v) is 17.0. The summed E-state index contributed by atoms with van der Waals surface area (Å²) in [6.07, 6.45) is 5.55. The standard InChI is InChI=1S/C23H25N5O2/c1-23(13-30-14-23)16-6-8-17(9-7-16)26-21-20-19(10-11-25-22(20)29)28(27-21)18-5-3-2-4-15(18)12-24/h6-11,15,18H,2-5,13-14H2,1H3,(H,25,29)(H,26,27)/t15-,18?/m1/s1. The van der Waals surface area contributed by atoms with Crippen LogP contribution >= 0.6 is 0 Å². The SMILES string of the molecule is CC1(c2ccc(Nc3nn(C4CCCC[C@@H]4C#N)c4cc[nH]c(=O)c34)cc2)COC1. The zero-order valence-electron chi connectivity index (χ0n) is 17.0. The van der Waals surface area contributed by atoms with Gasteiger partial charge in [-0.3, -0.25) is 9.48 Å². The number of nitrogens with zero attached hydrogens (tertiary/aromatic N) is 3. The molecule has 1 saturated heterocycles. The second-order valence-electron chi connectivity index (χ2n) is 8.70. The Balaban J connectivity index is 1.52. The van der Waals surface area contributed by atoms with Gasteiger partial charge in [-0.15, -0.1) is 0 Å². The van der Waals surface area contributed by atoms with E-state index >= 15 is 0 Å². The molecule has 0 amide bonds. The van der Waals surface area contributed by atoms with Crippen molar-refractivity contribution in [1.82, 2.24) is 14.8 Å². The van der Waals surface area contributed by atoms with Crippen molar-refractivity contribution >= 4 is 22.4 Å². The van der Waals surface area contributed by atoms with Gasteiger partial charge in [-0.05, 0) is 36.6 Å². The highest BCUT2D eigenvalue weighted by Crippen LogP contribution is 2.37. The first-order valence-electron chi connectivity index (χ1n) is 10.5. The molecule has 0 bridgehead atoms. The van der Waals surface area contributed by atoms with Crippen LogP contribution in [0, 0.1) is 17.2 Å². The molecule has 0 spiro atoms. The number of anilines is 2. The lowest BCUT2D eigenvalue weighted by molar-refractivity contribution is -0.0499. The van der Waals surface area contributed by atoms with Crippen molar-refractivity contribution < 1.29 is 4.74 Å². The molecule has 3 heterocycles. The highest BCUT2D eigenvalue weighted by atomic mass is 16.5. The van der Waals surface area contributed by atoms with Crippen molar-refractivity contribution in [3.63, 3.8) is 0 Å². The summed E-state index contributed by atoms with van der Waals surface area (Å²) in [6, 6.07) is 12.5. The Hall–Kier alpha value is -3.11. The van der Waals surface area contributed by atoms with E-state index in [0.29, 0.717) is 11.2 Å². The number of pyridine rings is 1. The molecule has 1 aliphatic heterocycles. The Morgan fingerprint density at radius 2 is 2.00 bits per heavy atom. The first-order valence-corrected chi connectivity index (χ1v) is 10.5. The van der Waals surface area contributed by atoms with Gasteiger partial charge in [0.05, 0.1) is 36.8 Å². The van der Waals surface area contributed by atoms with Crippen LogP contribution in [-0.4, -0.2) is 28.0 Å². The summed E-state index contributed by atoms with van der Waals surface area (Å²) < 4.78 is 7.26. The Morgan fingerprint density at radius 1 is 1.23 bits per heavy atom. The molecule has 3 aromatic rings. The molecular weight excluding hydrogens is 378 g/mol. The summed E-state index contributed by atoms with van der Waals surface area (Å²) in [7, 11) is 0.